The summed E-state index contributed by atoms with van der Waals surface area (Å²) in [6, 6.07) is 20.2. The van der Waals surface area contributed by atoms with E-state index in [1.165, 1.54) is 12.1 Å². The molecule has 1 fully saturated rings. The van der Waals surface area contributed by atoms with Crippen LogP contribution in [0.4, 0.5) is 4.39 Å². The predicted octanol–water partition coefficient (Wildman–Crippen LogP) is 6.03. The molecule has 0 radical (unpaired) electrons. The normalized spacial score (nSPS) is 16.9. The van der Waals surface area contributed by atoms with Crippen molar-refractivity contribution < 1.29 is 33.4 Å². The molecule has 8 heteroatoms. The number of carbonyl (C=O) groups is 3. The highest BCUT2D eigenvalue weighted by Gasteiger charge is 2.27. The third-order valence-corrected chi connectivity index (χ3v) is 6.53. The molecule has 3 aromatic carbocycles. The molecule has 1 saturated carbocycles. The number of carbonyl (C=O) groups excluding carboxylic acids is 2. The van der Waals surface area contributed by atoms with Crippen molar-refractivity contribution in [2.45, 2.75) is 44.6 Å². The molecular weight excluding hydrogens is 489 g/mol. The lowest BCUT2D eigenvalue weighted by Gasteiger charge is -2.26. The van der Waals surface area contributed by atoms with Crippen LogP contribution in [0.5, 0.6) is 17.2 Å². The molecule has 0 atom stereocenters. The van der Waals surface area contributed by atoms with Crippen LogP contribution < -0.4 is 14.8 Å². The van der Waals surface area contributed by atoms with Crippen molar-refractivity contribution >= 4 is 17.7 Å². The molecule has 0 bridgehead atoms. The topological polar surface area (TPSA) is 102 Å². The molecule has 2 N–H and O–H groups in total. The zero-order chi connectivity index (χ0) is 26.9. The van der Waals surface area contributed by atoms with Crippen molar-refractivity contribution in [2.24, 2.45) is 5.92 Å². The van der Waals surface area contributed by atoms with E-state index in [1.54, 1.807) is 30.3 Å². The molecular formula is C30H30FNO6. The number of ether oxygens (including phenoxy) is 2. The highest BCUT2D eigenvalue weighted by Crippen LogP contribution is 2.29. The van der Waals surface area contributed by atoms with Gasteiger partial charge in [0.1, 0.15) is 23.1 Å². The molecule has 0 spiro atoms. The van der Waals surface area contributed by atoms with Gasteiger partial charge in [0.2, 0.25) is 0 Å². The van der Waals surface area contributed by atoms with Gasteiger partial charge in [0.25, 0.3) is 5.91 Å². The van der Waals surface area contributed by atoms with Gasteiger partial charge in [-0.3, -0.25) is 14.4 Å². The number of carboxylic acid groups (broad SMARTS) is 1. The van der Waals surface area contributed by atoms with E-state index < -0.39 is 11.8 Å². The van der Waals surface area contributed by atoms with Crippen molar-refractivity contribution in [2.75, 3.05) is 6.54 Å². The second-order valence-electron chi connectivity index (χ2n) is 9.29. The molecule has 0 aliphatic heterocycles. The van der Waals surface area contributed by atoms with Crippen LogP contribution in [0.3, 0.4) is 0 Å². The second kappa shape index (κ2) is 12.9. The number of amides is 1. The number of halogens is 1. The minimum absolute atomic E-state index is 0.0210. The Balaban J connectivity index is 1.19. The van der Waals surface area contributed by atoms with Crippen LogP contribution in [0.25, 0.3) is 0 Å². The molecule has 3 aromatic rings. The summed E-state index contributed by atoms with van der Waals surface area (Å²) in [4.78, 5) is 36.0. The van der Waals surface area contributed by atoms with Crippen molar-refractivity contribution in [1.29, 1.82) is 0 Å². The molecule has 4 rings (SSSR count). The van der Waals surface area contributed by atoms with Crippen molar-refractivity contribution in [3.8, 4) is 17.2 Å². The highest BCUT2D eigenvalue weighted by molar-refractivity contribution is 5.96. The molecule has 1 aliphatic rings. The number of para-hydroxylation sites is 1. The summed E-state index contributed by atoms with van der Waals surface area (Å²) in [6.45, 7) is 0.272. The van der Waals surface area contributed by atoms with E-state index >= 15 is 0 Å². The van der Waals surface area contributed by atoms with Crippen LogP contribution in [0.1, 0.15) is 59.2 Å². The first kappa shape index (κ1) is 26.9. The number of hydrogen-bond acceptors (Lipinski definition) is 5. The Morgan fingerprint density at radius 2 is 1.53 bits per heavy atom. The molecule has 198 valence electrons. The summed E-state index contributed by atoms with van der Waals surface area (Å²) in [7, 11) is 0. The molecule has 1 aliphatic carbocycles. The summed E-state index contributed by atoms with van der Waals surface area (Å²) < 4.78 is 26.1. The van der Waals surface area contributed by atoms with Gasteiger partial charge in [-0.2, -0.15) is 0 Å². The quantitative estimate of drug-likeness (QED) is 0.237. The zero-order valence-corrected chi connectivity index (χ0v) is 20.9. The molecule has 0 unspecified atom stereocenters. The Morgan fingerprint density at radius 3 is 2.18 bits per heavy atom. The molecule has 0 heterocycles. The minimum Gasteiger partial charge on any atom is -0.490 e. The number of carboxylic acids is 1. The lowest BCUT2D eigenvalue weighted by molar-refractivity contribution is -0.143. The first-order valence-electron chi connectivity index (χ1n) is 12.7. The van der Waals surface area contributed by atoms with Crippen molar-refractivity contribution in [3.63, 3.8) is 0 Å². The Hall–Kier alpha value is -4.20. The fourth-order valence-electron chi connectivity index (χ4n) is 4.40. The van der Waals surface area contributed by atoms with Crippen LogP contribution in [-0.2, 0) is 4.79 Å². The molecule has 7 nitrogen and oxygen atoms in total. The van der Waals surface area contributed by atoms with Crippen LogP contribution >= 0.6 is 0 Å². The van der Waals surface area contributed by atoms with E-state index in [0.29, 0.717) is 54.9 Å². The van der Waals surface area contributed by atoms with Crippen molar-refractivity contribution in [1.82, 2.24) is 5.32 Å². The van der Waals surface area contributed by atoms with Gasteiger partial charge in [0, 0.05) is 24.6 Å². The van der Waals surface area contributed by atoms with Gasteiger partial charge in [0.15, 0.2) is 5.78 Å². The summed E-state index contributed by atoms with van der Waals surface area (Å²) in [6.07, 6.45) is 2.54. The van der Waals surface area contributed by atoms with Crippen LogP contribution in [-0.4, -0.2) is 35.4 Å². The van der Waals surface area contributed by atoms with E-state index in [-0.39, 0.29) is 42.2 Å². The van der Waals surface area contributed by atoms with E-state index in [9.17, 15) is 18.8 Å². The van der Waals surface area contributed by atoms with Gasteiger partial charge in [-0.15, -0.1) is 0 Å². The lowest BCUT2D eigenvalue weighted by Crippen LogP contribution is -2.27. The Kier molecular flexibility index (Phi) is 9.08. The lowest BCUT2D eigenvalue weighted by atomic mass is 9.87. The summed E-state index contributed by atoms with van der Waals surface area (Å²) in [5.74, 6) is -0.785. The second-order valence-corrected chi connectivity index (χ2v) is 9.29. The number of benzene rings is 3. The average molecular weight is 520 g/mol. The molecule has 0 saturated heterocycles. The Bertz CT molecular complexity index is 1250. The summed E-state index contributed by atoms with van der Waals surface area (Å²) in [5.41, 5.74) is 0.446. The fourth-order valence-corrected chi connectivity index (χ4v) is 4.40. The van der Waals surface area contributed by atoms with E-state index in [2.05, 4.69) is 5.32 Å². The average Bonchev–Trinajstić information content (AvgIpc) is 2.92. The van der Waals surface area contributed by atoms with E-state index in [0.717, 1.165) is 0 Å². The maximum absolute atomic E-state index is 14.6. The van der Waals surface area contributed by atoms with Gasteiger partial charge in [-0.1, -0.05) is 18.2 Å². The van der Waals surface area contributed by atoms with Gasteiger partial charge in [-0.25, -0.2) is 4.39 Å². The number of rotatable bonds is 11. The number of nitrogens with one attached hydrogen (secondary N) is 1. The Morgan fingerprint density at radius 1 is 0.868 bits per heavy atom. The van der Waals surface area contributed by atoms with Crippen LogP contribution in [0.2, 0.25) is 0 Å². The maximum atomic E-state index is 14.6. The van der Waals surface area contributed by atoms with Crippen LogP contribution in [0, 0.1) is 11.7 Å². The van der Waals surface area contributed by atoms with Gasteiger partial charge in [-0.05, 0) is 80.6 Å². The van der Waals surface area contributed by atoms with E-state index in [1.807, 2.05) is 30.3 Å². The standard InChI is InChI=1S/C30H30FNO6/c31-27-19-25(38-24-14-10-21(11-15-24)30(35)36)16-17-26(27)28(33)7-4-18-32-29(34)20-8-12-23(13-9-20)37-22-5-2-1-3-6-22/h1-3,5-6,8-9,12-13,16-17,19,21,24H,4,7,10-11,14-15,18H2,(H,32,34)(H,35,36). The first-order chi connectivity index (χ1) is 18.4. The Labute approximate surface area is 220 Å². The maximum Gasteiger partial charge on any atom is 0.306 e. The SMILES string of the molecule is O=C(NCCCC(=O)c1ccc(OC2CCC(C(=O)O)CC2)cc1F)c1ccc(Oc2ccccc2)cc1. The molecule has 1 amide bonds. The van der Waals surface area contributed by atoms with Gasteiger partial charge in [0.05, 0.1) is 17.6 Å². The first-order valence-corrected chi connectivity index (χ1v) is 12.7. The summed E-state index contributed by atoms with van der Waals surface area (Å²) >= 11 is 0. The van der Waals surface area contributed by atoms with Gasteiger partial charge < -0.3 is 19.9 Å². The number of Topliss-reactive ketones (excluding diaryl/α,β-unsaturated/α-hetero) is 1. The number of aliphatic carboxylic acids is 1. The largest absolute Gasteiger partial charge is 0.490 e. The zero-order valence-electron chi connectivity index (χ0n) is 20.9. The van der Waals surface area contributed by atoms with Crippen molar-refractivity contribution in [3.05, 3.63) is 89.7 Å². The molecule has 0 aromatic heterocycles. The fraction of sp³-hybridized carbons (Fsp3) is 0.300. The molecule has 38 heavy (non-hydrogen) atoms. The third kappa shape index (κ3) is 7.41. The third-order valence-electron chi connectivity index (χ3n) is 6.53. The van der Waals surface area contributed by atoms with E-state index in [4.69, 9.17) is 14.6 Å². The summed E-state index contributed by atoms with van der Waals surface area (Å²) in [5, 5.41) is 11.9. The van der Waals surface area contributed by atoms with Gasteiger partial charge >= 0.3 is 5.97 Å². The number of ketones is 1. The monoisotopic (exact) mass is 519 g/mol. The smallest absolute Gasteiger partial charge is 0.306 e. The highest BCUT2D eigenvalue weighted by atomic mass is 19.1. The number of hydrogen-bond donors (Lipinski definition) is 2. The minimum atomic E-state index is -0.791. The van der Waals surface area contributed by atoms with Crippen LogP contribution in [0.15, 0.2) is 72.8 Å². The predicted molar refractivity (Wildman–Crippen MR) is 139 cm³/mol.